The van der Waals surface area contributed by atoms with Crippen LogP contribution in [0.15, 0.2) is 84.9 Å². The van der Waals surface area contributed by atoms with Gasteiger partial charge in [0.15, 0.2) is 0 Å². The van der Waals surface area contributed by atoms with Gasteiger partial charge in [-0.05, 0) is 96.6 Å². The molecule has 2 aromatic heterocycles. The van der Waals surface area contributed by atoms with Crippen LogP contribution in [0, 0.1) is 0 Å². The lowest BCUT2D eigenvalue weighted by Gasteiger charge is -2.20. The summed E-state index contributed by atoms with van der Waals surface area (Å²) in [5.74, 6) is 0. The summed E-state index contributed by atoms with van der Waals surface area (Å²) in [5.41, 5.74) is 18.7. The highest BCUT2D eigenvalue weighted by atomic mass is 15.1. The van der Waals surface area contributed by atoms with Gasteiger partial charge < -0.3 is 30.4 Å². The number of nitrogens with zero attached hydrogens (tertiary/aromatic N) is 4. The van der Waals surface area contributed by atoms with Crippen LogP contribution in [-0.2, 0) is 6.54 Å². The summed E-state index contributed by atoms with van der Waals surface area (Å²) in [7, 11) is 8.46. The maximum atomic E-state index is 5.96. The van der Waals surface area contributed by atoms with Crippen LogP contribution >= 0.6 is 0 Å². The van der Waals surface area contributed by atoms with E-state index in [4.69, 9.17) is 11.5 Å². The maximum absolute atomic E-state index is 5.96. The van der Waals surface area contributed by atoms with Gasteiger partial charge in [-0.3, -0.25) is 0 Å². The first kappa shape index (κ1) is 27.6. The number of benzene rings is 4. The van der Waals surface area contributed by atoms with Crippen LogP contribution in [0.5, 0.6) is 0 Å². The number of rotatable bonds is 7. The molecule has 0 aliphatic carbocycles. The Labute approximate surface area is 237 Å². The number of hydrogen-bond donors (Lipinski definition) is 2. The van der Waals surface area contributed by atoms with E-state index in [1.807, 2.05) is 12.1 Å². The van der Waals surface area contributed by atoms with E-state index in [0.29, 0.717) is 6.04 Å². The highest BCUT2D eigenvalue weighted by molar-refractivity contribution is 6.10. The topological polar surface area (TPSA) is 68.4 Å². The Morgan fingerprint density at radius 2 is 1.12 bits per heavy atom. The Kier molecular flexibility index (Phi) is 8.01. The van der Waals surface area contributed by atoms with Crippen molar-refractivity contribution >= 4 is 55.0 Å². The van der Waals surface area contributed by atoms with Crippen molar-refractivity contribution in [3.63, 3.8) is 0 Å². The first-order chi connectivity index (χ1) is 19.2. The quantitative estimate of drug-likeness (QED) is 0.220. The summed E-state index contributed by atoms with van der Waals surface area (Å²) in [6.45, 7) is 5.41. The third-order valence-electron chi connectivity index (χ3n) is 7.59. The molecule has 4 N–H and O–H groups in total. The fraction of sp³-hybridized carbons (Fsp3) is 0.294. The number of aromatic nitrogens is 2. The largest absolute Gasteiger partial charge is 0.399 e. The number of fused-ring (bicyclic) bond motifs is 6. The molecule has 0 aliphatic rings. The average Bonchev–Trinajstić information content (AvgIpc) is 3.41. The van der Waals surface area contributed by atoms with E-state index in [2.05, 4.69) is 127 Å². The first-order valence-corrected chi connectivity index (χ1v) is 14.1. The van der Waals surface area contributed by atoms with Crippen LogP contribution in [0.1, 0.15) is 19.4 Å². The summed E-state index contributed by atoms with van der Waals surface area (Å²) in [5, 5.41) is 5.07. The van der Waals surface area contributed by atoms with Gasteiger partial charge in [0.25, 0.3) is 0 Å². The van der Waals surface area contributed by atoms with E-state index in [1.165, 1.54) is 43.6 Å². The molecule has 208 valence electrons. The number of anilines is 2. The molecule has 2 heterocycles. The van der Waals surface area contributed by atoms with Crippen molar-refractivity contribution in [1.29, 1.82) is 0 Å². The first-order valence-electron chi connectivity index (χ1n) is 14.1. The standard InChI is InChI=1S/2C17H21N3/c1-12(11-19(2)3)20-16-7-5-4-6-14(16)15-10-13(18)8-9-17(15)20;1-19(2)10-5-11-20-16-7-4-3-6-14(16)15-12-13(18)8-9-17(15)20/h4-10,12H,11,18H2,1-3H3;3-4,6-9,12H,5,10-11,18H2,1-2H3. The average molecular weight is 535 g/mol. The molecule has 0 saturated heterocycles. The molecule has 0 radical (unpaired) electrons. The third kappa shape index (κ3) is 5.51. The van der Waals surface area contributed by atoms with Gasteiger partial charge in [0.2, 0.25) is 0 Å². The van der Waals surface area contributed by atoms with Crippen molar-refractivity contribution in [2.24, 2.45) is 0 Å². The highest BCUT2D eigenvalue weighted by Gasteiger charge is 2.15. The lowest BCUT2D eigenvalue weighted by atomic mass is 10.1. The predicted molar refractivity (Wildman–Crippen MR) is 174 cm³/mol. The summed E-state index contributed by atoms with van der Waals surface area (Å²) in [6.07, 6.45) is 1.14. The smallest absolute Gasteiger partial charge is 0.0495 e. The van der Waals surface area contributed by atoms with Crippen molar-refractivity contribution in [2.75, 3.05) is 52.7 Å². The second-order valence-corrected chi connectivity index (χ2v) is 11.4. The molecule has 0 bridgehead atoms. The van der Waals surface area contributed by atoms with Crippen LogP contribution < -0.4 is 11.5 Å². The van der Waals surface area contributed by atoms with Gasteiger partial charge in [0, 0.05) is 74.1 Å². The molecule has 1 unspecified atom stereocenters. The SMILES string of the molecule is CC(CN(C)C)n1c2ccccc2c2cc(N)ccc21.CN(C)CCCn1c2ccccc2c2cc(N)ccc21. The number of hydrogen-bond acceptors (Lipinski definition) is 4. The van der Waals surface area contributed by atoms with Gasteiger partial charge in [-0.1, -0.05) is 36.4 Å². The van der Waals surface area contributed by atoms with Crippen molar-refractivity contribution < 1.29 is 0 Å². The maximum Gasteiger partial charge on any atom is 0.0495 e. The van der Waals surface area contributed by atoms with Gasteiger partial charge in [-0.15, -0.1) is 0 Å². The Bertz CT molecular complexity index is 1760. The summed E-state index contributed by atoms with van der Waals surface area (Å²) < 4.78 is 4.83. The molecule has 0 saturated carbocycles. The minimum atomic E-state index is 0.413. The van der Waals surface area contributed by atoms with Crippen molar-refractivity contribution in [3.8, 4) is 0 Å². The molecule has 6 heteroatoms. The molecule has 0 fully saturated rings. The van der Waals surface area contributed by atoms with Crippen LogP contribution in [0.25, 0.3) is 43.6 Å². The zero-order valence-electron chi connectivity index (χ0n) is 24.4. The Morgan fingerprint density at radius 3 is 1.75 bits per heavy atom. The summed E-state index contributed by atoms with van der Waals surface area (Å²) in [6, 6.07) is 30.0. The van der Waals surface area contributed by atoms with Gasteiger partial charge in [-0.25, -0.2) is 0 Å². The molecule has 0 aliphatic heterocycles. The number of nitrogens with two attached hydrogens (primary N) is 2. The third-order valence-corrected chi connectivity index (χ3v) is 7.59. The van der Waals surface area contributed by atoms with E-state index in [9.17, 15) is 0 Å². The van der Waals surface area contributed by atoms with Gasteiger partial charge in [-0.2, -0.15) is 0 Å². The fourth-order valence-corrected chi connectivity index (χ4v) is 5.96. The molecule has 6 aromatic rings. The monoisotopic (exact) mass is 534 g/mol. The predicted octanol–water partition coefficient (Wildman–Crippen LogP) is 6.83. The lowest BCUT2D eigenvalue weighted by molar-refractivity contribution is 0.345. The van der Waals surface area contributed by atoms with Gasteiger partial charge in [0.1, 0.15) is 0 Å². The molecule has 0 spiro atoms. The number of likely N-dealkylation sites (N-methyl/N-ethyl adjacent to an activating group) is 1. The Morgan fingerprint density at radius 1 is 0.625 bits per heavy atom. The molecular weight excluding hydrogens is 492 g/mol. The Hall–Kier alpha value is -4.00. The molecule has 0 amide bonds. The van der Waals surface area contributed by atoms with Gasteiger partial charge >= 0.3 is 0 Å². The minimum Gasteiger partial charge on any atom is -0.399 e. The van der Waals surface area contributed by atoms with Crippen LogP contribution in [-0.4, -0.2) is 60.2 Å². The van der Waals surface area contributed by atoms with Crippen LogP contribution in [0.2, 0.25) is 0 Å². The lowest BCUT2D eigenvalue weighted by Crippen LogP contribution is -2.22. The highest BCUT2D eigenvalue weighted by Crippen LogP contribution is 2.33. The molecule has 40 heavy (non-hydrogen) atoms. The molecule has 1 atom stereocenters. The molecule has 4 aromatic carbocycles. The van der Waals surface area contributed by atoms with E-state index in [-0.39, 0.29) is 0 Å². The number of para-hydroxylation sites is 2. The summed E-state index contributed by atoms with van der Waals surface area (Å²) in [4.78, 5) is 4.45. The van der Waals surface area contributed by atoms with E-state index < -0.39 is 0 Å². The van der Waals surface area contributed by atoms with Crippen LogP contribution in [0.3, 0.4) is 0 Å². The number of nitrogen functional groups attached to an aromatic ring is 2. The fourth-order valence-electron chi connectivity index (χ4n) is 5.96. The van der Waals surface area contributed by atoms with Crippen molar-refractivity contribution in [1.82, 2.24) is 18.9 Å². The van der Waals surface area contributed by atoms with Crippen molar-refractivity contribution in [3.05, 3.63) is 84.9 Å². The minimum absolute atomic E-state index is 0.413. The van der Waals surface area contributed by atoms with E-state index >= 15 is 0 Å². The zero-order valence-corrected chi connectivity index (χ0v) is 24.4. The van der Waals surface area contributed by atoms with E-state index in [1.54, 1.807) is 0 Å². The Balaban J connectivity index is 0.000000161. The normalized spacial score (nSPS) is 12.6. The van der Waals surface area contributed by atoms with Crippen molar-refractivity contribution in [2.45, 2.75) is 25.9 Å². The number of aryl methyl sites for hydroxylation is 1. The van der Waals surface area contributed by atoms with Gasteiger partial charge in [0.05, 0.1) is 0 Å². The summed E-state index contributed by atoms with van der Waals surface area (Å²) >= 11 is 0. The van der Waals surface area contributed by atoms with E-state index in [0.717, 1.165) is 37.4 Å². The molecule has 6 nitrogen and oxygen atoms in total. The second-order valence-electron chi connectivity index (χ2n) is 11.4. The molecular formula is C34H42N6. The van der Waals surface area contributed by atoms with Crippen LogP contribution in [0.4, 0.5) is 11.4 Å². The second kappa shape index (κ2) is 11.6. The zero-order chi connectivity index (χ0) is 28.4. The molecule has 6 rings (SSSR count).